The van der Waals surface area contributed by atoms with Crippen molar-refractivity contribution >= 4 is 48.9 Å². The Balaban J connectivity index is 2.38. The summed E-state index contributed by atoms with van der Waals surface area (Å²) in [6, 6.07) is 6.18. The van der Waals surface area contributed by atoms with Crippen LogP contribution in [0.15, 0.2) is 39.8 Å². The van der Waals surface area contributed by atoms with Gasteiger partial charge in [0.1, 0.15) is 0 Å². The average molecular weight is 391 g/mol. The lowest BCUT2D eigenvalue weighted by Gasteiger charge is -2.11. The van der Waals surface area contributed by atoms with Crippen molar-refractivity contribution < 1.29 is 8.42 Å². The Bertz CT molecular complexity index is 781. The number of nitrogens with zero attached hydrogens (tertiary/aromatic N) is 1. The first-order chi connectivity index (χ1) is 9.83. The second kappa shape index (κ2) is 6.21. The van der Waals surface area contributed by atoms with Crippen molar-refractivity contribution in [1.29, 1.82) is 0 Å². The first-order valence-electron chi connectivity index (χ1n) is 6.05. The van der Waals surface area contributed by atoms with Crippen LogP contribution in [0.25, 0.3) is 0 Å². The molecule has 8 heteroatoms. The van der Waals surface area contributed by atoms with Crippen molar-refractivity contribution in [3.8, 4) is 0 Å². The number of sulfonamides is 1. The second-order valence-corrected chi connectivity index (χ2v) is 7.27. The number of benzene rings is 1. The molecule has 21 heavy (non-hydrogen) atoms. The zero-order valence-corrected chi connectivity index (χ0v) is 14.3. The van der Waals surface area contributed by atoms with Crippen molar-refractivity contribution in [3.63, 3.8) is 0 Å². The quantitative estimate of drug-likeness (QED) is 0.618. The molecule has 0 bridgehead atoms. The van der Waals surface area contributed by atoms with Crippen molar-refractivity contribution in [2.24, 2.45) is 0 Å². The topological polar surface area (TPSA) is 85.1 Å². The predicted molar refractivity (Wildman–Crippen MR) is 88.0 cm³/mol. The van der Waals surface area contributed by atoms with E-state index in [1.807, 2.05) is 6.92 Å². The predicted octanol–water partition coefficient (Wildman–Crippen LogP) is 3.44. The molecule has 2 aromatic rings. The lowest BCUT2D eigenvalue weighted by molar-refractivity contribution is 0.601. The smallest absolute Gasteiger partial charge is 0.262 e. The monoisotopic (exact) mass is 389 g/mol. The number of hydrogen-bond acceptors (Lipinski definition) is 4. The van der Waals surface area contributed by atoms with Gasteiger partial charge in [-0.2, -0.15) is 0 Å². The molecule has 3 N–H and O–H groups in total. The molecule has 1 heterocycles. The molecule has 0 amide bonds. The highest BCUT2D eigenvalue weighted by Gasteiger charge is 2.17. The molecule has 0 unspecified atom stereocenters. The Morgan fingerprint density at radius 1 is 1.38 bits per heavy atom. The van der Waals surface area contributed by atoms with Crippen LogP contribution in [0.2, 0.25) is 5.15 Å². The van der Waals surface area contributed by atoms with E-state index >= 15 is 0 Å². The molecule has 0 aliphatic rings. The van der Waals surface area contributed by atoms with E-state index < -0.39 is 10.0 Å². The highest BCUT2D eigenvalue weighted by Crippen LogP contribution is 2.26. The van der Waals surface area contributed by atoms with Crippen LogP contribution < -0.4 is 10.5 Å². The summed E-state index contributed by atoms with van der Waals surface area (Å²) >= 11 is 9.10. The van der Waals surface area contributed by atoms with Gasteiger partial charge in [-0.1, -0.05) is 24.6 Å². The summed E-state index contributed by atoms with van der Waals surface area (Å²) in [5, 5.41) is 0.0694. The minimum absolute atomic E-state index is 0.0694. The van der Waals surface area contributed by atoms with E-state index in [1.165, 1.54) is 24.4 Å². The van der Waals surface area contributed by atoms with E-state index in [0.717, 1.165) is 12.0 Å². The Kier molecular flexibility index (Phi) is 4.75. The van der Waals surface area contributed by atoms with E-state index in [4.69, 9.17) is 17.3 Å². The summed E-state index contributed by atoms with van der Waals surface area (Å²) in [5.41, 5.74) is 7.38. The lowest BCUT2D eigenvalue weighted by Crippen LogP contribution is -2.14. The van der Waals surface area contributed by atoms with Crippen LogP contribution in [0, 0.1) is 0 Å². The van der Waals surface area contributed by atoms with E-state index in [0.29, 0.717) is 10.2 Å². The fourth-order valence-electron chi connectivity index (χ4n) is 1.76. The summed E-state index contributed by atoms with van der Waals surface area (Å²) in [7, 11) is -3.78. The zero-order valence-electron chi connectivity index (χ0n) is 11.1. The number of hydrogen-bond donors (Lipinski definition) is 2. The number of aromatic nitrogens is 1. The molecule has 1 aromatic heterocycles. The first-order valence-corrected chi connectivity index (χ1v) is 8.71. The summed E-state index contributed by atoms with van der Waals surface area (Å²) in [6.45, 7) is 1.95. The largest absolute Gasteiger partial charge is 0.398 e. The van der Waals surface area contributed by atoms with Gasteiger partial charge in [0.2, 0.25) is 0 Å². The van der Waals surface area contributed by atoms with Crippen LogP contribution in [0.5, 0.6) is 0 Å². The molecule has 0 radical (unpaired) electrons. The van der Waals surface area contributed by atoms with Gasteiger partial charge >= 0.3 is 0 Å². The molecule has 0 spiro atoms. The van der Waals surface area contributed by atoms with Crippen LogP contribution in [-0.2, 0) is 16.4 Å². The van der Waals surface area contributed by atoms with Gasteiger partial charge in [0.05, 0.1) is 10.6 Å². The van der Waals surface area contributed by atoms with Crippen LogP contribution in [-0.4, -0.2) is 13.4 Å². The number of nitrogens with one attached hydrogen (secondary N) is 1. The average Bonchev–Trinajstić information content (AvgIpc) is 2.42. The van der Waals surface area contributed by atoms with Gasteiger partial charge in [-0.3, -0.25) is 4.72 Å². The van der Waals surface area contributed by atoms with Gasteiger partial charge in [-0.25, -0.2) is 13.4 Å². The summed E-state index contributed by atoms with van der Waals surface area (Å²) in [4.78, 5) is 3.95. The number of halogens is 2. The molecule has 5 nitrogen and oxygen atoms in total. The lowest BCUT2D eigenvalue weighted by atomic mass is 10.1. The van der Waals surface area contributed by atoms with Crippen LogP contribution in [0.4, 0.5) is 11.4 Å². The van der Waals surface area contributed by atoms with Crippen molar-refractivity contribution in [1.82, 2.24) is 4.98 Å². The maximum atomic E-state index is 12.3. The van der Waals surface area contributed by atoms with Crippen LogP contribution >= 0.6 is 27.5 Å². The van der Waals surface area contributed by atoms with Crippen molar-refractivity contribution in [3.05, 3.63) is 45.7 Å². The third-order valence-corrected chi connectivity index (χ3v) is 4.96. The molecule has 0 saturated carbocycles. The number of aryl methyl sites for hydroxylation is 1. The standard InChI is InChI=1S/C13H13BrClN3O2S/c1-2-8-3-4-10(6-11(8)16)21(19,20)18-12-5-9(14)7-17-13(12)15/h3-7,18H,2,16H2,1H3. The molecular formula is C13H13BrClN3O2S. The molecule has 2 rings (SSSR count). The molecular weight excluding hydrogens is 378 g/mol. The second-order valence-electron chi connectivity index (χ2n) is 4.31. The molecule has 0 aliphatic carbocycles. The number of rotatable bonds is 4. The van der Waals surface area contributed by atoms with Gasteiger partial charge in [0, 0.05) is 16.4 Å². The molecule has 112 valence electrons. The fraction of sp³-hybridized carbons (Fsp3) is 0.154. The zero-order chi connectivity index (χ0) is 15.6. The molecule has 0 aliphatic heterocycles. The fourth-order valence-corrected chi connectivity index (χ4v) is 3.39. The van der Waals surface area contributed by atoms with Gasteiger partial charge in [0.15, 0.2) is 5.15 Å². The maximum absolute atomic E-state index is 12.3. The van der Waals surface area contributed by atoms with Crippen LogP contribution in [0.3, 0.4) is 0 Å². The van der Waals surface area contributed by atoms with E-state index in [-0.39, 0.29) is 15.7 Å². The first kappa shape index (κ1) is 16.1. The Morgan fingerprint density at radius 3 is 2.71 bits per heavy atom. The molecule has 0 fully saturated rings. The van der Waals surface area contributed by atoms with Gasteiger partial charge < -0.3 is 5.73 Å². The third kappa shape index (κ3) is 3.66. The molecule has 1 aromatic carbocycles. The number of nitrogens with two attached hydrogens (primary N) is 1. The van der Waals surface area contributed by atoms with Gasteiger partial charge in [-0.15, -0.1) is 0 Å². The number of anilines is 2. The molecule has 0 atom stereocenters. The molecule has 0 saturated heterocycles. The minimum Gasteiger partial charge on any atom is -0.398 e. The normalized spacial score (nSPS) is 11.4. The summed E-state index contributed by atoms with van der Waals surface area (Å²) < 4.78 is 27.7. The minimum atomic E-state index is -3.78. The summed E-state index contributed by atoms with van der Waals surface area (Å²) in [5.74, 6) is 0. The SMILES string of the molecule is CCc1ccc(S(=O)(=O)Nc2cc(Br)cnc2Cl)cc1N. The Labute approximate surface area is 136 Å². The van der Waals surface area contributed by atoms with Crippen LogP contribution in [0.1, 0.15) is 12.5 Å². The van der Waals surface area contributed by atoms with Gasteiger partial charge in [-0.05, 0) is 46.1 Å². The van der Waals surface area contributed by atoms with E-state index in [9.17, 15) is 8.42 Å². The highest BCUT2D eigenvalue weighted by atomic mass is 79.9. The van der Waals surface area contributed by atoms with Gasteiger partial charge in [0.25, 0.3) is 10.0 Å². The van der Waals surface area contributed by atoms with Crippen molar-refractivity contribution in [2.75, 3.05) is 10.5 Å². The Hall–Kier alpha value is -1.31. The Morgan fingerprint density at radius 2 is 2.10 bits per heavy atom. The maximum Gasteiger partial charge on any atom is 0.262 e. The summed E-state index contributed by atoms with van der Waals surface area (Å²) in [6.07, 6.45) is 2.22. The highest BCUT2D eigenvalue weighted by molar-refractivity contribution is 9.10. The van der Waals surface area contributed by atoms with E-state index in [1.54, 1.807) is 6.07 Å². The van der Waals surface area contributed by atoms with Crippen molar-refractivity contribution in [2.45, 2.75) is 18.2 Å². The number of nitrogen functional groups attached to an aromatic ring is 1. The van der Waals surface area contributed by atoms with E-state index in [2.05, 4.69) is 25.6 Å². The third-order valence-electron chi connectivity index (χ3n) is 2.86. The number of pyridine rings is 1.